The number of hydrogen-bond acceptors (Lipinski definition) is 3. The molecule has 2 aromatic rings. The van der Waals surface area contributed by atoms with Crippen LogP contribution in [0.1, 0.15) is 10.5 Å². The molecule has 0 saturated heterocycles. The van der Waals surface area contributed by atoms with Crippen molar-refractivity contribution in [1.29, 1.82) is 0 Å². The molecule has 0 aliphatic heterocycles. The van der Waals surface area contributed by atoms with E-state index in [1.165, 1.54) is 21.7 Å². The van der Waals surface area contributed by atoms with Gasteiger partial charge >= 0.3 is 0 Å². The summed E-state index contributed by atoms with van der Waals surface area (Å²) in [6, 6.07) is 7.40. The van der Waals surface area contributed by atoms with E-state index in [-0.39, 0.29) is 30.6 Å². The number of halogens is 1. The quantitative estimate of drug-likeness (QED) is 0.897. The smallest absolute Gasteiger partial charge is 0.274 e. The predicted octanol–water partition coefficient (Wildman–Crippen LogP) is 1.08. The number of aromatic nitrogens is 2. The van der Waals surface area contributed by atoms with Gasteiger partial charge in [-0.25, -0.2) is 9.07 Å². The van der Waals surface area contributed by atoms with Gasteiger partial charge in [-0.3, -0.25) is 4.79 Å². The lowest BCUT2D eigenvalue weighted by Gasteiger charge is -2.13. The standard InChI is InChI=1S/C13H14FN3O2/c1-16(8-9-18)13(19)12-6-7-17(15-12)11-4-2-10(14)3-5-11/h2-7,18H,8-9H2,1H3. The van der Waals surface area contributed by atoms with E-state index >= 15 is 0 Å². The Kier molecular flexibility index (Phi) is 3.91. The molecular formula is C13H14FN3O2. The minimum absolute atomic E-state index is 0.0963. The topological polar surface area (TPSA) is 58.4 Å². The summed E-state index contributed by atoms with van der Waals surface area (Å²) in [5.41, 5.74) is 0.950. The Morgan fingerprint density at radius 1 is 1.37 bits per heavy atom. The number of likely N-dealkylation sites (N-methyl/N-ethyl adjacent to an activating group) is 1. The maximum atomic E-state index is 12.8. The molecule has 6 heteroatoms. The zero-order chi connectivity index (χ0) is 13.8. The second kappa shape index (κ2) is 5.62. The monoisotopic (exact) mass is 263 g/mol. The van der Waals surface area contributed by atoms with Gasteiger partial charge in [-0.2, -0.15) is 5.10 Å². The van der Waals surface area contributed by atoms with Gasteiger partial charge in [-0.15, -0.1) is 0 Å². The first kappa shape index (κ1) is 13.2. The minimum Gasteiger partial charge on any atom is -0.395 e. The van der Waals surface area contributed by atoms with Crippen LogP contribution >= 0.6 is 0 Å². The summed E-state index contributed by atoms with van der Waals surface area (Å²) in [6.45, 7) is 0.156. The first-order valence-electron chi connectivity index (χ1n) is 5.80. The van der Waals surface area contributed by atoms with Crippen molar-refractivity contribution in [3.8, 4) is 5.69 Å². The molecule has 0 spiro atoms. The number of benzene rings is 1. The van der Waals surface area contributed by atoms with Crippen LogP contribution in [0.25, 0.3) is 5.69 Å². The van der Waals surface area contributed by atoms with Crippen molar-refractivity contribution in [3.05, 3.63) is 48.0 Å². The van der Waals surface area contributed by atoms with Crippen molar-refractivity contribution in [2.75, 3.05) is 20.2 Å². The molecule has 0 unspecified atom stereocenters. The normalized spacial score (nSPS) is 10.5. The molecule has 0 saturated carbocycles. The summed E-state index contributed by atoms with van der Waals surface area (Å²) in [6.07, 6.45) is 1.63. The molecule has 0 radical (unpaired) electrons. The number of amides is 1. The van der Waals surface area contributed by atoms with Gasteiger partial charge in [0.05, 0.1) is 12.3 Å². The number of hydrogen-bond donors (Lipinski definition) is 1. The van der Waals surface area contributed by atoms with Crippen LogP contribution in [0.15, 0.2) is 36.5 Å². The van der Waals surface area contributed by atoms with Gasteiger partial charge in [0.25, 0.3) is 5.91 Å². The van der Waals surface area contributed by atoms with Gasteiger partial charge in [0, 0.05) is 19.8 Å². The summed E-state index contributed by atoms with van der Waals surface area (Å²) < 4.78 is 14.3. The van der Waals surface area contributed by atoms with Crippen LogP contribution in [0.2, 0.25) is 0 Å². The third-order valence-corrected chi connectivity index (χ3v) is 2.68. The lowest BCUT2D eigenvalue weighted by atomic mass is 10.3. The summed E-state index contributed by atoms with van der Waals surface area (Å²) in [5, 5.41) is 12.9. The molecule has 0 fully saturated rings. The molecule has 0 atom stereocenters. The number of aliphatic hydroxyl groups excluding tert-OH is 1. The average Bonchev–Trinajstić information content (AvgIpc) is 2.88. The largest absolute Gasteiger partial charge is 0.395 e. The summed E-state index contributed by atoms with van der Waals surface area (Å²) in [4.78, 5) is 13.3. The van der Waals surface area contributed by atoms with Gasteiger partial charge < -0.3 is 10.0 Å². The van der Waals surface area contributed by atoms with Crippen LogP contribution in [0.5, 0.6) is 0 Å². The Bertz CT molecular complexity index is 566. The average molecular weight is 263 g/mol. The Morgan fingerprint density at radius 3 is 2.68 bits per heavy atom. The molecule has 1 heterocycles. The Morgan fingerprint density at radius 2 is 2.05 bits per heavy atom. The molecule has 5 nitrogen and oxygen atoms in total. The third kappa shape index (κ3) is 2.97. The maximum absolute atomic E-state index is 12.8. The van der Waals surface area contributed by atoms with Crippen molar-refractivity contribution >= 4 is 5.91 Å². The highest BCUT2D eigenvalue weighted by molar-refractivity contribution is 5.92. The van der Waals surface area contributed by atoms with E-state index in [9.17, 15) is 9.18 Å². The molecule has 19 heavy (non-hydrogen) atoms. The molecule has 0 aliphatic carbocycles. The fourth-order valence-corrected chi connectivity index (χ4v) is 1.62. The fraction of sp³-hybridized carbons (Fsp3) is 0.231. The SMILES string of the molecule is CN(CCO)C(=O)c1ccn(-c2ccc(F)cc2)n1. The molecule has 1 amide bonds. The first-order chi connectivity index (χ1) is 9.11. The van der Waals surface area contributed by atoms with E-state index in [0.29, 0.717) is 5.69 Å². The fourth-order valence-electron chi connectivity index (χ4n) is 1.62. The predicted molar refractivity (Wildman–Crippen MR) is 67.6 cm³/mol. The molecule has 1 aromatic carbocycles. The van der Waals surface area contributed by atoms with Crippen molar-refractivity contribution < 1.29 is 14.3 Å². The minimum atomic E-state index is -0.324. The number of carbonyl (C=O) groups is 1. The van der Waals surface area contributed by atoms with Gasteiger partial charge in [-0.05, 0) is 30.3 Å². The number of aliphatic hydroxyl groups is 1. The molecule has 0 bridgehead atoms. The number of carbonyl (C=O) groups excluding carboxylic acids is 1. The first-order valence-corrected chi connectivity index (χ1v) is 5.80. The maximum Gasteiger partial charge on any atom is 0.274 e. The zero-order valence-electron chi connectivity index (χ0n) is 10.5. The highest BCUT2D eigenvalue weighted by atomic mass is 19.1. The highest BCUT2D eigenvalue weighted by Gasteiger charge is 2.14. The van der Waals surface area contributed by atoms with Crippen LogP contribution < -0.4 is 0 Å². The molecule has 2 rings (SSSR count). The van der Waals surface area contributed by atoms with Gasteiger partial charge in [0.2, 0.25) is 0 Å². The summed E-state index contributed by atoms with van der Waals surface area (Å²) >= 11 is 0. The van der Waals surface area contributed by atoms with Gasteiger partial charge in [0.15, 0.2) is 5.69 Å². The highest BCUT2D eigenvalue weighted by Crippen LogP contribution is 2.09. The molecule has 1 N–H and O–H groups in total. The van der Waals surface area contributed by atoms with E-state index in [0.717, 1.165) is 0 Å². The van der Waals surface area contributed by atoms with Gasteiger partial charge in [0.1, 0.15) is 5.82 Å². The zero-order valence-corrected chi connectivity index (χ0v) is 10.5. The van der Waals surface area contributed by atoms with Gasteiger partial charge in [-0.1, -0.05) is 0 Å². The van der Waals surface area contributed by atoms with Crippen molar-refractivity contribution in [2.45, 2.75) is 0 Å². The molecule has 1 aromatic heterocycles. The van der Waals surface area contributed by atoms with Crippen LogP contribution in [0.4, 0.5) is 4.39 Å². The van der Waals surface area contributed by atoms with E-state index in [1.807, 2.05) is 0 Å². The number of nitrogens with zero attached hydrogens (tertiary/aromatic N) is 3. The lowest BCUT2D eigenvalue weighted by molar-refractivity contribution is 0.0760. The van der Waals surface area contributed by atoms with Crippen LogP contribution in [-0.2, 0) is 0 Å². The second-order valence-corrected chi connectivity index (χ2v) is 4.07. The summed E-state index contributed by atoms with van der Waals surface area (Å²) in [5.74, 6) is -0.593. The molecule has 0 aliphatic rings. The Hall–Kier alpha value is -2.21. The van der Waals surface area contributed by atoms with E-state index in [1.54, 1.807) is 31.4 Å². The summed E-state index contributed by atoms with van der Waals surface area (Å²) in [7, 11) is 1.59. The molecule has 100 valence electrons. The van der Waals surface area contributed by atoms with Crippen LogP contribution in [0.3, 0.4) is 0 Å². The second-order valence-electron chi connectivity index (χ2n) is 4.07. The Labute approximate surface area is 109 Å². The Balaban J connectivity index is 2.19. The van der Waals surface area contributed by atoms with E-state index in [4.69, 9.17) is 5.11 Å². The lowest BCUT2D eigenvalue weighted by Crippen LogP contribution is -2.29. The van der Waals surface area contributed by atoms with Crippen molar-refractivity contribution in [3.63, 3.8) is 0 Å². The molecular weight excluding hydrogens is 249 g/mol. The van der Waals surface area contributed by atoms with Crippen LogP contribution in [-0.4, -0.2) is 45.9 Å². The van der Waals surface area contributed by atoms with Crippen molar-refractivity contribution in [1.82, 2.24) is 14.7 Å². The van der Waals surface area contributed by atoms with E-state index in [2.05, 4.69) is 5.10 Å². The number of rotatable bonds is 4. The van der Waals surface area contributed by atoms with Crippen LogP contribution in [0, 0.1) is 5.82 Å². The van der Waals surface area contributed by atoms with Crippen molar-refractivity contribution in [2.24, 2.45) is 0 Å². The van der Waals surface area contributed by atoms with E-state index < -0.39 is 0 Å². The third-order valence-electron chi connectivity index (χ3n) is 2.68.